The first kappa shape index (κ1) is 24.3. The fourth-order valence-electron chi connectivity index (χ4n) is 4.04. The number of carboxylic acids is 1. The first-order valence-electron chi connectivity index (χ1n) is 11.0. The molecule has 0 bridgehead atoms. The highest BCUT2D eigenvalue weighted by atomic mass is 16.5. The van der Waals surface area contributed by atoms with Crippen molar-refractivity contribution in [1.29, 1.82) is 0 Å². The second-order valence-electron chi connectivity index (χ2n) is 8.13. The predicted octanol–water partition coefficient (Wildman–Crippen LogP) is 4.79. The molecule has 7 nitrogen and oxygen atoms in total. The maximum atomic E-state index is 12.4. The molecule has 0 radical (unpaired) electrons. The van der Waals surface area contributed by atoms with Gasteiger partial charge in [0.05, 0.1) is 31.6 Å². The van der Waals surface area contributed by atoms with E-state index in [0.29, 0.717) is 31.6 Å². The molecular formula is C26H31NO6. The maximum Gasteiger partial charge on any atom is 0.341 e. The van der Waals surface area contributed by atoms with Crippen LogP contribution in [0.5, 0.6) is 5.75 Å². The van der Waals surface area contributed by atoms with Crippen molar-refractivity contribution >= 4 is 17.6 Å². The van der Waals surface area contributed by atoms with Crippen LogP contribution in [-0.4, -0.2) is 31.2 Å². The average molecular weight is 454 g/mol. The third-order valence-corrected chi connectivity index (χ3v) is 5.99. The summed E-state index contributed by atoms with van der Waals surface area (Å²) in [5, 5.41) is 12.1. The lowest BCUT2D eigenvalue weighted by molar-refractivity contribution is -0.136. The minimum absolute atomic E-state index is 0.0919. The molecule has 0 aliphatic carbocycles. The number of benzene rings is 2. The van der Waals surface area contributed by atoms with Gasteiger partial charge >= 0.3 is 11.9 Å². The summed E-state index contributed by atoms with van der Waals surface area (Å²) in [6, 6.07) is 7.74. The van der Waals surface area contributed by atoms with E-state index in [1.807, 2.05) is 44.2 Å². The molecule has 0 spiro atoms. The summed E-state index contributed by atoms with van der Waals surface area (Å²) in [5.41, 5.74) is 7.24. The van der Waals surface area contributed by atoms with Gasteiger partial charge in [0.2, 0.25) is 0 Å². The number of nitrogens with one attached hydrogen (secondary N) is 1. The third kappa shape index (κ3) is 5.73. The lowest BCUT2D eigenvalue weighted by atomic mass is 9.89. The predicted molar refractivity (Wildman–Crippen MR) is 126 cm³/mol. The normalized spacial score (nSPS) is 13.0. The van der Waals surface area contributed by atoms with Gasteiger partial charge in [0.25, 0.3) is 0 Å². The van der Waals surface area contributed by atoms with Gasteiger partial charge in [-0.2, -0.15) is 0 Å². The molecule has 0 saturated carbocycles. The summed E-state index contributed by atoms with van der Waals surface area (Å²) in [4.78, 5) is 23.3. The minimum atomic E-state index is -0.817. The van der Waals surface area contributed by atoms with E-state index in [9.17, 15) is 9.59 Å². The van der Waals surface area contributed by atoms with Gasteiger partial charge in [-0.25, -0.2) is 4.79 Å². The topological polar surface area (TPSA) is 94.1 Å². The smallest absolute Gasteiger partial charge is 0.341 e. The van der Waals surface area contributed by atoms with Gasteiger partial charge in [-0.05, 0) is 61.1 Å². The highest BCUT2D eigenvalue weighted by molar-refractivity contribution is 6.01. The van der Waals surface area contributed by atoms with E-state index in [1.165, 1.54) is 0 Å². The minimum Gasteiger partial charge on any atom is -0.497 e. The molecule has 176 valence electrons. The zero-order valence-electron chi connectivity index (χ0n) is 19.6. The van der Waals surface area contributed by atoms with Gasteiger partial charge < -0.3 is 24.6 Å². The van der Waals surface area contributed by atoms with Crippen LogP contribution in [0.1, 0.15) is 57.9 Å². The van der Waals surface area contributed by atoms with Crippen LogP contribution in [-0.2, 0) is 40.5 Å². The number of ether oxygens (including phenoxy) is 3. The van der Waals surface area contributed by atoms with Gasteiger partial charge in [0.15, 0.2) is 0 Å². The van der Waals surface area contributed by atoms with E-state index in [4.69, 9.17) is 19.3 Å². The molecular weight excluding hydrogens is 422 g/mol. The van der Waals surface area contributed by atoms with Crippen LogP contribution in [0.3, 0.4) is 0 Å². The Morgan fingerprint density at radius 1 is 1.18 bits per heavy atom. The molecule has 2 aromatic carbocycles. The van der Waals surface area contributed by atoms with Gasteiger partial charge in [0.1, 0.15) is 12.4 Å². The molecule has 1 heterocycles. The van der Waals surface area contributed by atoms with Crippen molar-refractivity contribution in [3.05, 3.63) is 69.3 Å². The van der Waals surface area contributed by atoms with Gasteiger partial charge in [-0.15, -0.1) is 0 Å². The average Bonchev–Trinajstić information content (AvgIpc) is 3.20. The number of aliphatic carboxylic acids is 1. The Morgan fingerprint density at radius 3 is 2.55 bits per heavy atom. The summed E-state index contributed by atoms with van der Waals surface area (Å²) < 4.78 is 16.6. The van der Waals surface area contributed by atoms with Crippen molar-refractivity contribution in [3.8, 4) is 5.75 Å². The Hall–Kier alpha value is -3.32. The van der Waals surface area contributed by atoms with E-state index < -0.39 is 5.97 Å². The van der Waals surface area contributed by atoms with Crippen molar-refractivity contribution in [2.24, 2.45) is 0 Å². The Balaban J connectivity index is 1.89. The van der Waals surface area contributed by atoms with Crippen molar-refractivity contribution in [3.63, 3.8) is 0 Å². The fraction of sp³-hybridized carbons (Fsp3) is 0.385. The van der Waals surface area contributed by atoms with Crippen molar-refractivity contribution in [2.75, 3.05) is 19.5 Å². The van der Waals surface area contributed by atoms with E-state index in [2.05, 4.69) is 5.32 Å². The first-order chi connectivity index (χ1) is 15.8. The second-order valence-corrected chi connectivity index (χ2v) is 8.13. The molecule has 0 unspecified atom stereocenters. The standard InChI is InChI=1S/C26H31NO6/c1-16(6-12-23(28)29)5-11-20-21(14-32-13-18-7-9-19(31-4)10-8-18)17(2)22-15-33-26(30)24(22)25(20)27-3/h5,7-10,27H,6,11-15H2,1-4H3,(H,28,29). The summed E-state index contributed by atoms with van der Waals surface area (Å²) in [5.74, 6) is -0.345. The van der Waals surface area contributed by atoms with Gasteiger partial charge in [-0.3, -0.25) is 4.79 Å². The van der Waals surface area contributed by atoms with E-state index in [-0.39, 0.29) is 19.0 Å². The van der Waals surface area contributed by atoms with Crippen LogP contribution < -0.4 is 10.1 Å². The molecule has 2 aromatic rings. The lowest BCUT2D eigenvalue weighted by Gasteiger charge is -2.20. The third-order valence-electron chi connectivity index (χ3n) is 5.99. The molecule has 0 saturated heterocycles. The molecule has 33 heavy (non-hydrogen) atoms. The van der Waals surface area contributed by atoms with Crippen LogP contribution in [0.4, 0.5) is 5.69 Å². The highest BCUT2D eigenvalue weighted by Crippen LogP contribution is 2.37. The molecule has 0 aromatic heterocycles. The van der Waals surface area contributed by atoms with Crippen LogP contribution >= 0.6 is 0 Å². The van der Waals surface area contributed by atoms with Crippen molar-refractivity contribution in [2.45, 2.75) is 52.9 Å². The zero-order chi connectivity index (χ0) is 24.0. The molecule has 0 amide bonds. The fourth-order valence-corrected chi connectivity index (χ4v) is 4.04. The van der Waals surface area contributed by atoms with Crippen LogP contribution in [0.2, 0.25) is 0 Å². The van der Waals surface area contributed by atoms with Crippen LogP contribution in [0.15, 0.2) is 35.9 Å². The highest BCUT2D eigenvalue weighted by Gasteiger charge is 2.30. The number of allylic oxidation sites excluding steroid dienone is 2. The number of hydrogen-bond donors (Lipinski definition) is 2. The number of carbonyl (C=O) groups is 2. The molecule has 1 aliphatic rings. The number of carboxylic acid groups (broad SMARTS) is 1. The Labute approximate surface area is 194 Å². The molecule has 7 heteroatoms. The van der Waals surface area contributed by atoms with E-state index >= 15 is 0 Å². The summed E-state index contributed by atoms with van der Waals surface area (Å²) in [6.45, 7) is 5.00. The number of rotatable bonds is 11. The molecule has 2 N–H and O–H groups in total. The number of cyclic esters (lactones) is 1. The van der Waals surface area contributed by atoms with Gasteiger partial charge in [-0.1, -0.05) is 23.8 Å². The number of carbonyl (C=O) groups excluding carboxylic acids is 1. The number of hydrogen-bond acceptors (Lipinski definition) is 6. The first-order valence-corrected chi connectivity index (χ1v) is 11.0. The van der Waals surface area contributed by atoms with Crippen molar-refractivity contribution in [1.82, 2.24) is 0 Å². The lowest BCUT2D eigenvalue weighted by Crippen LogP contribution is -2.11. The summed E-state index contributed by atoms with van der Waals surface area (Å²) in [6.07, 6.45) is 3.16. The zero-order valence-corrected chi connectivity index (χ0v) is 19.6. The monoisotopic (exact) mass is 453 g/mol. The van der Waals surface area contributed by atoms with E-state index in [0.717, 1.165) is 44.8 Å². The van der Waals surface area contributed by atoms with Gasteiger partial charge in [0, 0.05) is 19.0 Å². The summed E-state index contributed by atoms with van der Waals surface area (Å²) in [7, 11) is 3.43. The SMILES string of the molecule is CNc1c(CC=C(C)CCC(=O)O)c(COCc2ccc(OC)cc2)c(C)c2c1C(=O)OC2. The van der Waals surface area contributed by atoms with Crippen LogP contribution in [0.25, 0.3) is 0 Å². The Morgan fingerprint density at radius 2 is 1.91 bits per heavy atom. The number of methoxy groups -OCH3 is 1. The Kier molecular flexibility index (Phi) is 8.11. The van der Waals surface area contributed by atoms with Crippen molar-refractivity contribution < 1.29 is 28.9 Å². The summed E-state index contributed by atoms with van der Waals surface area (Å²) >= 11 is 0. The maximum absolute atomic E-state index is 12.4. The largest absolute Gasteiger partial charge is 0.497 e. The number of esters is 1. The number of fused-ring (bicyclic) bond motifs is 1. The molecule has 1 aliphatic heterocycles. The number of anilines is 1. The molecule has 3 rings (SSSR count). The quantitative estimate of drug-likeness (QED) is 0.373. The van der Waals surface area contributed by atoms with Crippen LogP contribution in [0, 0.1) is 6.92 Å². The molecule has 0 atom stereocenters. The Bertz CT molecular complexity index is 1060. The second kappa shape index (κ2) is 11.0. The molecule has 0 fully saturated rings. The van der Waals surface area contributed by atoms with E-state index in [1.54, 1.807) is 14.2 Å².